The summed E-state index contributed by atoms with van der Waals surface area (Å²) in [5.41, 5.74) is 3.70. The second-order valence-electron chi connectivity index (χ2n) is 9.12. The minimum Gasteiger partial charge on any atom is -0.359 e. The summed E-state index contributed by atoms with van der Waals surface area (Å²) in [5.74, 6) is 1.10. The van der Waals surface area contributed by atoms with Crippen LogP contribution in [0, 0.1) is 16.1 Å². The number of para-hydroxylation sites is 1. The third-order valence-corrected chi connectivity index (χ3v) is 6.94. The monoisotopic (exact) mass is 558 g/mol. The molecule has 1 atom stereocenters. The van der Waals surface area contributed by atoms with Gasteiger partial charge in [-0.15, -0.1) is 0 Å². The van der Waals surface area contributed by atoms with Crippen LogP contribution in [0.1, 0.15) is 38.2 Å². The average molecular weight is 559 g/mol. The van der Waals surface area contributed by atoms with E-state index in [9.17, 15) is 10.1 Å². The Labute approximate surface area is 241 Å². The van der Waals surface area contributed by atoms with Crippen molar-refractivity contribution in [2.75, 3.05) is 5.32 Å². The Bertz CT molecular complexity index is 2030. The van der Waals surface area contributed by atoms with E-state index in [4.69, 9.17) is 17.2 Å². The Kier molecular flexibility index (Phi) is 7.63. The van der Waals surface area contributed by atoms with Gasteiger partial charge in [0, 0.05) is 23.3 Å². The summed E-state index contributed by atoms with van der Waals surface area (Å²) in [4.78, 5) is 35.4. The lowest BCUT2D eigenvalue weighted by Gasteiger charge is -2.23. The number of aromatic amines is 1. The smallest absolute Gasteiger partial charge is 0.266 e. The van der Waals surface area contributed by atoms with Gasteiger partial charge in [0.05, 0.1) is 39.8 Å². The molecule has 0 aliphatic carbocycles. The number of nitrogens with zero attached hydrogens (tertiary/aromatic N) is 6. The van der Waals surface area contributed by atoms with Crippen LogP contribution in [0.2, 0.25) is 0 Å². The minimum absolute atomic E-state index is 0. The summed E-state index contributed by atoms with van der Waals surface area (Å²) in [6.07, 6.45) is 5.48. The van der Waals surface area contributed by atoms with Gasteiger partial charge >= 0.3 is 0 Å². The highest BCUT2D eigenvalue weighted by Crippen LogP contribution is 2.30. The molecule has 6 rings (SSSR count). The Morgan fingerprint density at radius 3 is 2.61 bits per heavy atom. The third-order valence-electron chi connectivity index (χ3n) is 6.72. The van der Waals surface area contributed by atoms with Crippen molar-refractivity contribution < 1.29 is 0 Å². The molecular formula is C31H26N8OS. The summed E-state index contributed by atoms with van der Waals surface area (Å²) in [7, 11) is 0. The van der Waals surface area contributed by atoms with Crippen LogP contribution < -0.4 is 10.9 Å². The Balaban J connectivity index is 0.00000337. The zero-order valence-corrected chi connectivity index (χ0v) is 22.2. The second-order valence-corrected chi connectivity index (χ2v) is 9.51. The zero-order valence-electron chi connectivity index (χ0n) is 21.4. The van der Waals surface area contributed by atoms with Gasteiger partial charge < -0.3 is 10.3 Å². The standard InChI is InChI=1S/C30H22N8OS.CH4/c1-2-23(36-27-22-13-18(14-31)11-12-24(22)34-17-35-27)28-37-25-10-6-9-21(19-15-32-30(40)33-16-19)26(25)29(39)38(28)20-7-4-3-5-8-20;/h3-13,15-17,23H,2H2,1H3,(H,32,33,40)(H,34,35,36);1H4. The van der Waals surface area contributed by atoms with Gasteiger partial charge in [-0.1, -0.05) is 44.7 Å². The zero-order chi connectivity index (χ0) is 27.6. The van der Waals surface area contributed by atoms with Crippen molar-refractivity contribution in [3.8, 4) is 22.9 Å². The maximum atomic E-state index is 14.4. The molecule has 3 aromatic heterocycles. The van der Waals surface area contributed by atoms with Gasteiger partial charge in [-0.2, -0.15) is 5.26 Å². The molecule has 0 aliphatic heterocycles. The number of H-pyrrole nitrogens is 1. The van der Waals surface area contributed by atoms with Gasteiger partial charge in [0.2, 0.25) is 0 Å². The number of hydrogen-bond acceptors (Lipinski definition) is 8. The lowest BCUT2D eigenvalue weighted by Crippen LogP contribution is -2.28. The number of nitrogens with one attached hydrogen (secondary N) is 2. The number of fused-ring (bicyclic) bond motifs is 2. The fourth-order valence-electron chi connectivity index (χ4n) is 4.79. The molecule has 0 saturated heterocycles. The normalized spacial score (nSPS) is 11.5. The van der Waals surface area contributed by atoms with Gasteiger partial charge in [0.25, 0.3) is 5.56 Å². The first kappa shape index (κ1) is 27.3. The molecule has 0 radical (unpaired) electrons. The lowest BCUT2D eigenvalue weighted by molar-refractivity contribution is 0.659. The van der Waals surface area contributed by atoms with Crippen LogP contribution in [0.5, 0.6) is 0 Å². The first-order valence-corrected chi connectivity index (χ1v) is 13.1. The Hall–Kier alpha value is -5.27. The SMILES string of the molecule is C.CCC(Nc1ncnc2ccc(C#N)cc12)c1nc2cccc(-c3cnc(=S)[nH]c3)c2c(=O)n1-c1ccccc1. The van der Waals surface area contributed by atoms with E-state index in [0.717, 1.165) is 5.56 Å². The lowest BCUT2D eigenvalue weighted by atomic mass is 10.0. The molecule has 2 N–H and O–H groups in total. The van der Waals surface area contributed by atoms with Crippen LogP contribution in [-0.4, -0.2) is 29.5 Å². The van der Waals surface area contributed by atoms with Gasteiger partial charge in [-0.05, 0) is 60.6 Å². The third kappa shape index (κ3) is 5.06. The number of nitriles is 1. The van der Waals surface area contributed by atoms with Crippen LogP contribution in [0.4, 0.5) is 5.82 Å². The van der Waals surface area contributed by atoms with Crippen molar-refractivity contribution in [1.82, 2.24) is 29.5 Å². The van der Waals surface area contributed by atoms with Crippen LogP contribution in [-0.2, 0) is 0 Å². The van der Waals surface area contributed by atoms with Gasteiger partial charge in [0.1, 0.15) is 18.0 Å². The molecular weight excluding hydrogens is 532 g/mol. The van der Waals surface area contributed by atoms with Crippen LogP contribution in [0.3, 0.4) is 0 Å². The average Bonchev–Trinajstić information content (AvgIpc) is 3.00. The van der Waals surface area contributed by atoms with Crippen LogP contribution in [0.15, 0.2) is 90.2 Å². The Morgan fingerprint density at radius 2 is 1.88 bits per heavy atom. The van der Waals surface area contributed by atoms with Crippen molar-refractivity contribution in [1.29, 1.82) is 5.26 Å². The van der Waals surface area contributed by atoms with E-state index < -0.39 is 0 Å². The largest absolute Gasteiger partial charge is 0.359 e. The van der Waals surface area contributed by atoms with Crippen molar-refractivity contribution in [3.05, 3.63) is 112 Å². The molecule has 0 bridgehead atoms. The minimum atomic E-state index is -0.390. The maximum absolute atomic E-state index is 14.4. The van der Waals surface area contributed by atoms with E-state index in [0.29, 0.717) is 61.5 Å². The van der Waals surface area contributed by atoms with Gasteiger partial charge in [-0.25, -0.2) is 19.9 Å². The van der Waals surface area contributed by atoms with Gasteiger partial charge in [0.15, 0.2) is 4.77 Å². The molecule has 0 spiro atoms. The highest BCUT2D eigenvalue weighted by atomic mass is 32.1. The van der Waals surface area contributed by atoms with Gasteiger partial charge in [-0.3, -0.25) is 9.36 Å². The summed E-state index contributed by atoms with van der Waals surface area (Å²) in [5, 5.41) is 14.1. The molecule has 10 heteroatoms. The summed E-state index contributed by atoms with van der Waals surface area (Å²) < 4.78 is 2.01. The molecule has 6 aromatic rings. The predicted octanol–water partition coefficient (Wildman–Crippen LogP) is 6.52. The highest BCUT2D eigenvalue weighted by Gasteiger charge is 2.23. The maximum Gasteiger partial charge on any atom is 0.266 e. The summed E-state index contributed by atoms with van der Waals surface area (Å²) in [6, 6.07) is 22.1. The summed E-state index contributed by atoms with van der Waals surface area (Å²) in [6.45, 7) is 2.02. The number of rotatable bonds is 6. The first-order chi connectivity index (χ1) is 19.6. The van der Waals surface area contributed by atoms with E-state index in [2.05, 4.69) is 31.3 Å². The predicted molar refractivity (Wildman–Crippen MR) is 163 cm³/mol. The van der Waals surface area contributed by atoms with Crippen LogP contribution in [0.25, 0.3) is 38.6 Å². The Morgan fingerprint density at radius 1 is 1.05 bits per heavy atom. The molecule has 0 fully saturated rings. The second kappa shape index (κ2) is 11.5. The molecule has 3 aromatic carbocycles. The number of benzene rings is 3. The summed E-state index contributed by atoms with van der Waals surface area (Å²) >= 11 is 5.11. The van der Waals surface area contributed by atoms with Crippen molar-refractivity contribution in [2.24, 2.45) is 0 Å². The fraction of sp³-hybridized carbons (Fsp3) is 0.129. The molecule has 41 heavy (non-hydrogen) atoms. The fourth-order valence-corrected chi connectivity index (χ4v) is 4.90. The number of anilines is 1. The van der Waals surface area contributed by atoms with Crippen LogP contribution >= 0.6 is 12.2 Å². The molecule has 1 unspecified atom stereocenters. The molecule has 0 saturated carbocycles. The topological polar surface area (TPSA) is 125 Å². The van der Waals surface area contributed by atoms with Crippen molar-refractivity contribution in [3.63, 3.8) is 0 Å². The molecule has 202 valence electrons. The van der Waals surface area contributed by atoms with E-state index >= 15 is 0 Å². The number of hydrogen-bond donors (Lipinski definition) is 2. The number of aromatic nitrogens is 6. The van der Waals surface area contributed by atoms with E-state index in [1.165, 1.54) is 6.33 Å². The van der Waals surface area contributed by atoms with E-state index in [1.54, 1.807) is 35.2 Å². The first-order valence-electron chi connectivity index (χ1n) is 12.6. The molecule has 0 aliphatic rings. The highest BCUT2D eigenvalue weighted by molar-refractivity contribution is 7.71. The van der Waals surface area contributed by atoms with E-state index in [-0.39, 0.29) is 19.0 Å². The van der Waals surface area contributed by atoms with Crippen molar-refractivity contribution >= 4 is 39.8 Å². The quantitative estimate of drug-likeness (QED) is 0.221. The van der Waals surface area contributed by atoms with E-state index in [1.807, 2.05) is 55.5 Å². The molecule has 9 nitrogen and oxygen atoms in total. The molecule has 0 amide bonds. The molecule has 3 heterocycles. The van der Waals surface area contributed by atoms with Crippen molar-refractivity contribution in [2.45, 2.75) is 26.8 Å².